The summed E-state index contributed by atoms with van der Waals surface area (Å²) in [5.41, 5.74) is 1.85. The van der Waals surface area contributed by atoms with E-state index in [4.69, 9.17) is 0 Å². The molecule has 0 spiro atoms. The lowest BCUT2D eigenvalue weighted by Crippen LogP contribution is -2.32. The molecule has 1 aromatic rings. The third kappa shape index (κ3) is 3.32. The first kappa shape index (κ1) is 15.7. The summed E-state index contributed by atoms with van der Waals surface area (Å²) in [5.74, 6) is -0.532. The van der Waals surface area contributed by atoms with Gasteiger partial charge >= 0.3 is 5.97 Å². The van der Waals surface area contributed by atoms with Gasteiger partial charge < -0.3 is 15.3 Å². The van der Waals surface area contributed by atoms with Crippen LogP contribution in [0, 0.1) is 0 Å². The van der Waals surface area contributed by atoms with Gasteiger partial charge in [-0.05, 0) is 44.8 Å². The maximum absolute atomic E-state index is 11.6. The Morgan fingerprint density at radius 3 is 2.67 bits per heavy atom. The van der Waals surface area contributed by atoms with Crippen molar-refractivity contribution in [1.29, 1.82) is 0 Å². The molecule has 116 valence electrons. The molecule has 0 aliphatic carbocycles. The number of aryl methyl sites for hydroxylation is 1. The van der Waals surface area contributed by atoms with Crippen LogP contribution >= 0.6 is 0 Å². The van der Waals surface area contributed by atoms with Crippen molar-refractivity contribution in [1.82, 2.24) is 15.1 Å². The fourth-order valence-corrected chi connectivity index (χ4v) is 2.98. The zero-order valence-corrected chi connectivity index (χ0v) is 13.0. The van der Waals surface area contributed by atoms with Crippen molar-refractivity contribution in [3.63, 3.8) is 0 Å². The number of carboxylic acids is 1. The number of aromatic carboxylic acids is 1. The summed E-state index contributed by atoms with van der Waals surface area (Å²) >= 11 is 0. The van der Waals surface area contributed by atoms with Crippen LogP contribution in [-0.2, 0) is 12.8 Å². The Hall–Kier alpha value is -1.69. The first-order chi connectivity index (χ1) is 10.1. The van der Waals surface area contributed by atoms with E-state index in [0.717, 1.165) is 24.2 Å². The van der Waals surface area contributed by atoms with Crippen LogP contribution in [0.15, 0.2) is 0 Å². The quantitative estimate of drug-likeness (QED) is 0.832. The predicted molar refractivity (Wildman–Crippen MR) is 81.9 cm³/mol. The van der Waals surface area contributed by atoms with Gasteiger partial charge in [-0.2, -0.15) is 5.10 Å². The Morgan fingerprint density at radius 2 is 2.14 bits per heavy atom. The molecular weight excluding hydrogens is 268 g/mol. The second-order valence-corrected chi connectivity index (χ2v) is 5.52. The lowest BCUT2D eigenvalue weighted by Gasteiger charge is -2.21. The Kier molecular flexibility index (Phi) is 5.12. The summed E-state index contributed by atoms with van der Waals surface area (Å²) in [7, 11) is 2.10. The number of hydrogen-bond donors (Lipinski definition) is 2. The number of likely N-dealkylation sites (N-methyl/N-ethyl adjacent to an activating group) is 1. The number of nitrogens with zero attached hydrogens (tertiary/aromatic N) is 3. The number of carboxylic acid groups (broad SMARTS) is 1. The summed E-state index contributed by atoms with van der Waals surface area (Å²) in [6.45, 7) is 5.73. The number of anilines is 1. The van der Waals surface area contributed by atoms with Crippen molar-refractivity contribution in [3.05, 3.63) is 16.8 Å². The molecule has 0 aromatic carbocycles. The van der Waals surface area contributed by atoms with Gasteiger partial charge in [-0.1, -0.05) is 13.8 Å². The summed E-state index contributed by atoms with van der Waals surface area (Å²) in [6, 6.07) is 0.435. The minimum atomic E-state index is -0.932. The molecule has 1 saturated heterocycles. The van der Waals surface area contributed by atoms with Crippen molar-refractivity contribution >= 4 is 11.8 Å². The number of carbonyl (C=O) groups is 1. The van der Waals surface area contributed by atoms with Crippen LogP contribution in [0.5, 0.6) is 0 Å². The standard InChI is InChI=1S/C15H24N4O2/c1-4-11-12(5-2)17-18-14(13(11)15(20)21)16-9-10-7-6-8-19(10)3/h10H,4-9H2,1-3H3,(H,16,18)(H,20,21). The predicted octanol–water partition coefficient (Wildman–Crippen LogP) is 1.81. The Balaban J connectivity index is 2.24. The fourth-order valence-electron chi connectivity index (χ4n) is 2.98. The van der Waals surface area contributed by atoms with E-state index in [9.17, 15) is 9.90 Å². The molecule has 0 saturated carbocycles. The summed E-state index contributed by atoms with van der Waals surface area (Å²) in [4.78, 5) is 13.9. The molecule has 6 heteroatoms. The number of hydrogen-bond acceptors (Lipinski definition) is 5. The smallest absolute Gasteiger partial charge is 0.339 e. The minimum Gasteiger partial charge on any atom is -0.478 e. The van der Waals surface area contributed by atoms with Crippen molar-refractivity contribution in [2.24, 2.45) is 0 Å². The normalized spacial score (nSPS) is 18.9. The van der Waals surface area contributed by atoms with Gasteiger partial charge in [0.25, 0.3) is 0 Å². The van der Waals surface area contributed by atoms with Crippen molar-refractivity contribution in [2.45, 2.75) is 45.6 Å². The van der Waals surface area contributed by atoms with Gasteiger partial charge in [0, 0.05) is 12.6 Å². The number of rotatable bonds is 6. The molecule has 1 aliphatic heterocycles. The molecule has 0 radical (unpaired) electrons. The average molecular weight is 292 g/mol. The van der Waals surface area contributed by atoms with Crippen LogP contribution in [0.1, 0.15) is 48.3 Å². The molecule has 0 bridgehead atoms. The third-order valence-corrected chi connectivity index (χ3v) is 4.24. The number of nitrogens with one attached hydrogen (secondary N) is 1. The SMILES string of the molecule is CCc1nnc(NCC2CCCN2C)c(C(=O)O)c1CC. The van der Waals surface area contributed by atoms with E-state index in [1.54, 1.807) is 0 Å². The Morgan fingerprint density at radius 1 is 1.38 bits per heavy atom. The molecule has 2 heterocycles. The van der Waals surface area contributed by atoms with Gasteiger partial charge in [0.15, 0.2) is 5.82 Å². The maximum Gasteiger partial charge on any atom is 0.339 e. The number of aromatic nitrogens is 2. The van der Waals surface area contributed by atoms with Crippen LogP contribution in [-0.4, -0.2) is 52.4 Å². The van der Waals surface area contributed by atoms with Gasteiger partial charge in [-0.25, -0.2) is 4.79 Å². The van der Waals surface area contributed by atoms with Crippen LogP contribution < -0.4 is 5.32 Å². The lowest BCUT2D eigenvalue weighted by atomic mass is 10.0. The van der Waals surface area contributed by atoms with E-state index < -0.39 is 5.97 Å². The highest BCUT2D eigenvalue weighted by Crippen LogP contribution is 2.22. The van der Waals surface area contributed by atoms with Gasteiger partial charge in [0.1, 0.15) is 5.56 Å². The topological polar surface area (TPSA) is 78.4 Å². The molecule has 1 fully saturated rings. The van der Waals surface area contributed by atoms with E-state index in [1.165, 1.54) is 6.42 Å². The van der Waals surface area contributed by atoms with Crippen molar-refractivity contribution < 1.29 is 9.90 Å². The summed E-state index contributed by atoms with van der Waals surface area (Å²) < 4.78 is 0. The van der Waals surface area contributed by atoms with Crippen molar-refractivity contribution in [2.75, 3.05) is 25.5 Å². The first-order valence-electron chi connectivity index (χ1n) is 7.64. The van der Waals surface area contributed by atoms with E-state index in [-0.39, 0.29) is 5.56 Å². The molecule has 6 nitrogen and oxygen atoms in total. The molecule has 2 N–H and O–H groups in total. The maximum atomic E-state index is 11.6. The molecule has 2 rings (SSSR count). The number of likely N-dealkylation sites (tertiary alicyclic amines) is 1. The molecule has 1 aliphatic rings. The Labute approximate surface area is 125 Å². The van der Waals surface area contributed by atoms with Gasteiger partial charge in [0.05, 0.1) is 5.69 Å². The zero-order valence-electron chi connectivity index (χ0n) is 13.0. The third-order valence-electron chi connectivity index (χ3n) is 4.24. The molecule has 1 unspecified atom stereocenters. The van der Waals surface area contributed by atoms with E-state index in [1.807, 2.05) is 13.8 Å². The summed E-state index contributed by atoms with van der Waals surface area (Å²) in [6.07, 6.45) is 3.67. The van der Waals surface area contributed by atoms with Crippen LogP contribution in [0.2, 0.25) is 0 Å². The van der Waals surface area contributed by atoms with Gasteiger partial charge in [0.2, 0.25) is 0 Å². The Bertz CT molecular complexity index is 519. The highest BCUT2D eigenvalue weighted by Gasteiger charge is 2.24. The van der Waals surface area contributed by atoms with Crippen molar-refractivity contribution in [3.8, 4) is 0 Å². The van der Waals surface area contributed by atoms with Crippen LogP contribution in [0.4, 0.5) is 5.82 Å². The van der Waals surface area contributed by atoms with E-state index >= 15 is 0 Å². The second kappa shape index (κ2) is 6.85. The van der Waals surface area contributed by atoms with Gasteiger partial charge in [-0.15, -0.1) is 5.10 Å². The molecule has 21 heavy (non-hydrogen) atoms. The molecular formula is C15H24N4O2. The minimum absolute atomic E-state index is 0.282. The lowest BCUT2D eigenvalue weighted by molar-refractivity contribution is 0.0696. The fraction of sp³-hybridized carbons (Fsp3) is 0.667. The van der Waals surface area contributed by atoms with E-state index in [0.29, 0.717) is 31.2 Å². The average Bonchev–Trinajstić information content (AvgIpc) is 2.88. The largest absolute Gasteiger partial charge is 0.478 e. The van der Waals surface area contributed by atoms with Crippen LogP contribution in [0.25, 0.3) is 0 Å². The zero-order chi connectivity index (χ0) is 15.4. The second-order valence-electron chi connectivity index (χ2n) is 5.52. The highest BCUT2D eigenvalue weighted by atomic mass is 16.4. The molecule has 1 atom stereocenters. The molecule has 0 amide bonds. The molecule has 1 aromatic heterocycles. The van der Waals surface area contributed by atoms with Gasteiger partial charge in [-0.3, -0.25) is 0 Å². The monoisotopic (exact) mass is 292 g/mol. The summed E-state index contributed by atoms with van der Waals surface area (Å²) in [5, 5.41) is 21.0. The van der Waals surface area contributed by atoms with Crippen LogP contribution in [0.3, 0.4) is 0 Å². The first-order valence-corrected chi connectivity index (χ1v) is 7.64. The van der Waals surface area contributed by atoms with E-state index in [2.05, 4.69) is 27.5 Å². The highest BCUT2D eigenvalue weighted by molar-refractivity contribution is 5.95.